The molecule has 0 N–H and O–H groups in total. The molecule has 1 aliphatic carbocycles. The van der Waals surface area contributed by atoms with Gasteiger partial charge in [0.2, 0.25) is 0 Å². The molecule has 0 spiro atoms. The standard InChI is InChI=1S/C23H23NO2S2/c1-2-6-20-19(5-1)22-21(28-20)7-3-4-17-8-9-18(27-23(17)22)16-26-15-12-24-10-13-25-14-11-24/h1-9H,10-16H2. The summed E-state index contributed by atoms with van der Waals surface area (Å²) in [6, 6.07) is 8.72. The third kappa shape index (κ3) is 3.78. The molecule has 5 rings (SSSR count). The van der Waals surface area contributed by atoms with Crippen LogP contribution >= 0.6 is 23.1 Å². The van der Waals surface area contributed by atoms with Gasteiger partial charge in [-0.3, -0.25) is 4.90 Å². The summed E-state index contributed by atoms with van der Waals surface area (Å²) in [5.41, 5.74) is 1.29. The predicted octanol–water partition coefficient (Wildman–Crippen LogP) is 3.27. The molecule has 28 heavy (non-hydrogen) atoms. The minimum atomic E-state index is 0.674. The van der Waals surface area contributed by atoms with Crippen molar-refractivity contribution in [3.8, 4) is 0 Å². The Bertz CT molecular complexity index is 1090. The zero-order chi connectivity index (χ0) is 18.8. The van der Waals surface area contributed by atoms with E-state index in [0.29, 0.717) is 6.61 Å². The van der Waals surface area contributed by atoms with Crippen LogP contribution in [0.1, 0.15) is 0 Å². The Morgan fingerprint density at radius 2 is 1.96 bits per heavy atom. The van der Waals surface area contributed by atoms with Crippen molar-refractivity contribution in [3.63, 3.8) is 0 Å². The summed E-state index contributed by atoms with van der Waals surface area (Å²) in [6.07, 6.45) is 11.1. The monoisotopic (exact) mass is 409 g/mol. The Morgan fingerprint density at radius 1 is 1.07 bits per heavy atom. The summed E-state index contributed by atoms with van der Waals surface area (Å²) in [7, 11) is 0. The highest BCUT2D eigenvalue weighted by Crippen LogP contribution is 2.37. The van der Waals surface area contributed by atoms with Crippen LogP contribution in [0.15, 0.2) is 59.0 Å². The van der Waals surface area contributed by atoms with Gasteiger partial charge in [-0.25, -0.2) is 0 Å². The van der Waals surface area contributed by atoms with Crippen LogP contribution in [0.2, 0.25) is 0 Å². The molecular weight excluding hydrogens is 386 g/mol. The number of ether oxygens (including phenoxy) is 2. The molecule has 144 valence electrons. The second kappa shape index (κ2) is 8.39. The van der Waals surface area contributed by atoms with Crippen LogP contribution in [-0.2, 0) is 9.47 Å². The number of allylic oxidation sites excluding steroid dienone is 4. The fourth-order valence-electron chi connectivity index (χ4n) is 3.73. The molecule has 0 saturated carbocycles. The maximum atomic E-state index is 6.01. The second-order valence-electron chi connectivity index (χ2n) is 7.06. The maximum Gasteiger partial charge on any atom is 0.0779 e. The van der Waals surface area contributed by atoms with Gasteiger partial charge in [0.15, 0.2) is 0 Å². The first kappa shape index (κ1) is 18.4. The zero-order valence-electron chi connectivity index (χ0n) is 15.7. The smallest absolute Gasteiger partial charge is 0.0779 e. The van der Waals surface area contributed by atoms with Crippen molar-refractivity contribution >= 4 is 44.2 Å². The molecule has 0 unspecified atom stereocenters. The molecule has 1 aromatic carbocycles. The van der Waals surface area contributed by atoms with Crippen LogP contribution in [-0.4, -0.2) is 51.0 Å². The SMILES string of the molecule is C1=CC2=CC=C(COCCN3CCOCC3)SC2=c2c(sc3ccccc23)=C1. The van der Waals surface area contributed by atoms with Crippen LogP contribution in [0.3, 0.4) is 0 Å². The number of hydrogen-bond donors (Lipinski definition) is 0. The number of thioether (sulfide) groups is 1. The van der Waals surface area contributed by atoms with E-state index in [9.17, 15) is 0 Å². The Labute approximate surface area is 173 Å². The van der Waals surface area contributed by atoms with Crippen LogP contribution in [0.25, 0.3) is 21.1 Å². The molecule has 0 radical (unpaired) electrons. The second-order valence-corrected chi connectivity index (χ2v) is 9.28. The third-order valence-electron chi connectivity index (χ3n) is 5.22. The lowest BCUT2D eigenvalue weighted by atomic mass is 10.1. The number of benzene rings is 1. The molecule has 0 atom stereocenters. The number of morpholine rings is 1. The topological polar surface area (TPSA) is 21.7 Å². The van der Waals surface area contributed by atoms with E-state index in [2.05, 4.69) is 59.5 Å². The van der Waals surface area contributed by atoms with Crippen LogP contribution in [0.4, 0.5) is 0 Å². The van der Waals surface area contributed by atoms with Gasteiger partial charge in [-0.15, -0.1) is 11.3 Å². The van der Waals surface area contributed by atoms with Crippen molar-refractivity contribution in [1.29, 1.82) is 0 Å². The van der Waals surface area contributed by atoms with Gasteiger partial charge in [0, 0.05) is 49.3 Å². The van der Waals surface area contributed by atoms with E-state index in [-0.39, 0.29) is 0 Å². The van der Waals surface area contributed by atoms with Gasteiger partial charge in [-0.2, -0.15) is 0 Å². The highest BCUT2D eigenvalue weighted by atomic mass is 32.2. The molecule has 3 nitrogen and oxygen atoms in total. The van der Waals surface area contributed by atoms with Crippen molar-refractivity contribution in [1.82, 2.24) is 4.90 Å². The third-order valence-corrected chi connectivity index (χ3v) is 7.51. The van der Waals surface area contributed by atoms with Crippen molar-refractivity contribution in [3.05, 3.63) is 68.8 Å². The lowest BCUT2D eigenvalue weighted by Gasteiger charge is -2.26. The number of nitrogens with zero attached hydrogens (tertiary/aromatic N) is 1. The molecule has 1 fully saturated rings. The van der Waals surface area contributed by atoms with Gasteiger partial charge in [-0.05, 0) is 23.8 Å². The van der Waals surface area contributed by atoms with E-state index < -0.39 is 0 Å². The van der Waals surface area contributed by atoms with Crippen LogP contribution in [0, 0.1) is 0 Å². The van der Waals surface area contributed by atoms with Crippen molar-refractivity contribution in [2.24, 2.45) is 0 Å². The summed E-state index contributed by atoms with van der Waals surface area (Å²) >= 11 is 3.74. The minimum Gasteiger partial charge on any atom is -0.379 e. The van der Waals surface area contributed by atoms with E-state index >= 15 is 0 Å². The normalized spacial score (nSPS) is 19.5. The van der Waals surface area contributed by atoms with E-state index in [4.69, 9.17) is 9.47 Å². The summed E-state index contributed by atoms with van der Waals surface area (Å²) in [5, 5.41) is 2.73. The number of fused-ring (bicyclic) bond motifs is 4. The van der Waals surface area contributed by atoms with Crippen LogP contribution < -0.4 is 9.75 Å². The molecule has 0 amide bonds. The van der Waals surface area contributed by atoms with E-state index in [0.717, 1.165) is 39.5 Å². The number of hydrogen-bond acceptors (Lipinski definition) is 5. The zero-order valence-corrected chi connectivity index (χ0v) is 17.4. The Morgan fingerprint density at radius 3 is 2.89 bits per heavy atom. The Kier molecular flexibility index (Phi) is 5.52. The highest BCUT2D eigenvalue weighted by molar-refractivity contribution is 8.11. The molecule has 3 heterocycles. The van der Waals surface area contributed by atoms with Crippen molar-refractivity contribution < 1.29 is 9.47 Å². The molecule has 2 aromatic rings. The molecule has 3 aliphatic rings. The lowest BCUT2D eigenvalue weighted by molar-refractivity contribution is 0.0232. The molecule has 1 aromatic heterocycles. The molecule has 2 aliphatic heterocycles. The first-order valence-electron chi connectivity index (χ1n) is 9.76. The van der Waals surface area contributed by atoms with Crippen molar-refractivity contribution in [2.45, 2.75) is 0 Å². The van der Waals surface area contributed by atoms with Gasteiger partial charge in [0.1, 0.15) is 0 Å². The molecular formula is C23H23NO2S2. The van der Waals surface area contributed by atoms with Gasteiger partial charge < -0.3 is 9.47 Å². The number of rotatable bonds is 5. The fourth-order valence-corrected chi connectivity index (χ4v) is 6.04. The Balaban J connectivity index is 1.35. The predicted molar refractivity (Wildman–Crippen MR) is 120 cm³/mol. The van der Waals surface area contributed by atoms with E-state index in [1.807, 2.05) is 23.1 Å². The fraction of sp³-hybridized carbons (Fsp3) is 0.304. The number of thiophene rings is 1. The minimum absolute atomic E-state index is 0.674. The largest absolute Gasteiger partial charge is 0.379 e. The van der Waals surface area contributed by atoms with Gasteiger partial charge in [0.25, 0.3) is 0 Å². The first-order valence-corrected chi connectivity index (χ1v) is 11.4. The molecule has 5 heteroatoms. The molecule has 0 bridgehead atoms. The average Bonchev–Trinajstić information content (AvgIpc) is 3.01. The quantitative estimate of drug-likeness (QED) is 0.707. The van der Waals surface area contributed by atoms with Crippen LogP contribution in [0.5, 0.6) is 0 Å². The first-order chi connectivity index (χ1) is 13.9. The highest BCUT2D eigenvalue weighted by Gasteiger charge is 2.17. The lowest BCUT2D eigenvalue weighted by Crippen LogP contribution is -2.38. The van der Waals surface area contributed by atoms with Gasteiger partial charge in [-0.1, -0.05) is 48.2 Å². The summed E-state index contributed by atoms with van der Waals surface area (Å²) < 4.78 is 14.1. The van der Waals surface area contributed by atoms with Crippen molar-refractivity contribution in [2.75, 3.05) is 46.1 Å². The summed E-state index contributed by atoms with van der Waals surface area (Å²) in [5.74, 6) is 0. The summed E-state index contributed by atoms with van der Waals surface area (Å²) in [6.45, 7) is 6.14. The summed E-state index contributed by atoms with van der Waals surface area (Å²) in [4.78, 5) is 5.04. The maximum absolute atomic E-state index is 6.01. The van der Waals surface area contributed by atoms with E-state index in [1.54, 1.807) is 0 Å². The van der Waals surface area contributed by atoms with Gasteiger partial charge >= 0.3 is 0 Å². The Hall–Kier alpha value is -1.63. The van der Waals surface area contributed by atoms with E-state index in [1.165, 1.54) is 35.2 Å². The molecule has 1 saturated heterocycles. The van der Waals surface area contributed by atoms with Gasteiger partial charge in [0.05, 0.1) is 26.4 Å². The average molecular weight is 410 g/mol.